The third kappa shape index (κ3) is 2.66. The van der Waals surface area contributed by atoms with Crippen molar-refractivity contribution in [3.8, 4) is 0 Å². The van der Waals surface area contributed by atoms with Crippen molar-refractivity contribution in [1.29, 1.82) is 0 Å². The normalized spacial score (nSPS) is 10.1. The van der Waals surface area contributed by atoms with Crippen LogP contribution >= 0.6 is 11.6 Å². The molecule has 2 N–H and O–H groups in total. The van der Waals surface area contributed by atoms with E-state index in [-0.39, 0.29) is 12.3 Å². The Labute approximate surface area is 85.5 Å². The zero-order chi connectivity index (χ0) is 10.6. The van der Waals surface area contributed by atoms with E-state index >= 15 is 0 Å². The van der Waals surface area contributed by atoms with Crippen LogP contribution in [0.1, 0.15) is 5.56 Å². The van der Waals surface area contributed by atoms with E-state index in [0.29, 0.717) is 17.0 Å². The summed E-state index contributed by atoms with van der Waals surface area (Å²) >= 11 is 5.71. The average molecular weight is 217 g/mol. The summed E-state index contributed by atoms with van der Waals surface area (Å²) in [6, 6.07) is 4.39. The molecule has 0 aromatic heterocycles. The lowest BCUT2D eigenvalue weighted by Crippen LogP contribution is -2.05. The maximum absolute atomic E-state index is 10.6. The highest BCUT2D eigenvalue weighted by Crippen LogP contribution is 2.22. The molecule has 0 heterocycles. The molecule has 0 fully saturated rings. The van der Waals surface area contributed by atoms with Crippen molar-refractivity contribution in [2.45, 2.75) is 6.42 Å². The third-order valence-corrected chi connectivity index (χ3v) is 1.96. The first-order valence-corrected chi connectivity index (χ1v) is 4.27. The van der Waals surface area contributed by atoms with Crippen LogP contribution in [0.3, 0.4) is 0 Å². The Morgan fingerprint density at radius 2 is 2.29 bits per heavy atom. The lowest BCUT2D eigenvalue weighted by atomic mass is 10.1. The van der Waals surface area contributed by atoms with Gasteiger partial charge in [0, 0.05) is 23.1 Å². The number of nitro benzene ring substituents is 1. The molecule has 0 amide bonds. The van der Waals surface area contributed by atoms with Gasteiger partial charge in [0.1, 0.15) is 0 Å². The second kappa shape index (κ2) is 4.90. The number of hydrogen-bond acceptors (Lipinski definition) is 4. The van der Waals surface area contributed by atoms with Gasteiger partial charge in [-0.3, -0.25) is 10.1 Å². The molecule has 0 saturated carbocycles. The van der Waals surface area contributed by atoms with Gasteiger partial charge in [0.2, 0.25) is 0 Å². The number of benzene rings is 1. The largest absolute Gasteiger partial charge is 0.304 e. The van der Waals surface area contributed by atoms with Crippen LogP contribution in [-0.4, -0.2) is 11.5 Å². The first-order valence-electron chi connectivity index (χ1n) is 3.89. The number of halogens is 1. The number of hydrogen-bond donors (Lipinski definition) is 1. The molecule has 0 unspecified atom stereocenters. The van der Waals surface area contributed by atoms with Gasteiger partial charge in [-0.1, -0.05) is 11.6 Å². The Morgan fingerprint density at radius 3 is 2.86 bits per heavy atom. The Balaban J connectivity index is 2.97. The van der Waals surface area contributed by atoms with Crippen LogP contribution < -0.4 is 5.90 Å². The molecular formula is C8H9ClN2O3. The molecule has 0 aliphatic heterocycles. The minimum atomic E-state index is -0.456. The van der Waals surface area contributed by atoms with Crippen LogP contribution in [0.5, 0.6) is 0 Å². The molecule has 0 bridgehead atoms. The number of nitrogens with zero attached hydrogens (tertiary/aromatic N) is 1. The van der Waals surface area contributed by atoms with Crippen molar-refractivity contribution in [3.63, 3.8) is 0 Å². The van der Waals surface area contributed by atoms with E-state index in [4.69, 9.17) is 17.5 Å². The van der Waals surface area contributed by atoms with Crippen LogP contribution in [0.2, 0.25) is 5.02 Å². The number of nitrogens with two attached hydrogens (primary N) is 1. The topological polar surface area (TPSA) is 78.4 Å². The Bertz CT molecular complexity index is 343. The lowest BCUT2D eigenvalue weighted by molar-refractivity contribution is -0.385. The highest BCUT2D eigenvalue weighted by atomic mass is 35.5. The highest BCUT2D eigenvalue weighted by Gasteiger charge is 2.13. The van der Waals surface area contributed by atoms with Gasteiger partial charge < -0.3 is 4.84 Å². The second-order valence-electron chi connectivity index (χ2n) is 2.65. The summed E-state index contributed by atoms with van der Waals surface area (Å²) in [5.74, 6) is 4.84. The van der Waals surface area contributed by atoms with E-state index in [0.717, 1.165) is 0 Å². The second-order valence-corrected chi connectivity index (χ2v) is 3.09. The predicted octanol–water partition coefficient (Wildman–Crippen LogP) is 1.68. The van der Waals surface area contributed by atoms with Gasteiger partial charge in [0.25, 0.3) is 5.69 Å². The Hall–Kier alpha value is -1.17. The monoisotopic (exact) mass is 216 g/mol. The lowest BCUT2D eigenvalue weighted by Gasteiger charge is -2.02. The number of nitro groups is 1. The van der Waals surface area contributed by atoms with Gasteiger partial charge in [-0.05, 0) is 12.1 Å². The molecule has 5 nitrogen and oxygen atoms in total. The first-order chi connectivity index (χ1) is 6.65. The molecule has 1 aromatic carbocycles. The molecule has 14 heavy (non-hydrogen) atoms. The first kappa shape index (κ1) is 10.9. The van der Waals surface area contributed by atoms with Crippen LogP contribution in [-0.2, 0) is 11.3 Å². The Kier molecular flexibility index (Phi) is 3.82. The van der Waals surface area contributed by atoms with E-state index < -0.39 is 4.92 Å². The summed E-state index contributed by atoms with van der Waals surface area (Å²) in [6.07, 6.45) is 0.368. The summed E-state index contributed by atoms with van der Waals surface area (Å²) in [7, 11) is 0. The zero-order valence-electron chi connectivity index (χ0n) is 7.27. The molecule has 0 saturated heterocycles. The fourth-order valence-corrected chi connectivity index (χ4v) is 1.30. The average Bonchev–Trinajstić information content (AvgIpc) is 2.14. The highest BCUT2D eigenvalue weighted by molar-refractivity contribution is 6.30. The minimum Gasteiger partial charge on any atom is -0.304 e. The van der Waals surface area contributed by atoms with Crippen LogP contribution in [0.25, 0.3) is 0 Å². The van der Waals surface area contributed by atoms with Crippen molar-refractivity contribution in [2.24, 2.45) is 5.90 Å². The van der Waals surface area contributed by atoms with Crippen molar-refractivity contribution in [2.75, 3.05) is 6.61 Å². The van der Waals surface area contributed by atoms with Crippen molar-refractivity contribution in [3.05, 3.63) is 38.9 Å². The van der Waals surface area contributed by atoms with E-state index in [1.165, 1.54) is 12.1 Å². The van der Waals surface area contributed by atoms with Gasteiger partial charge in [0.05, 0.1) is 11.5 Å². The molecule has 0 aliphatic carbocycles. The predicted molar refractivity (Wildman–Crippen MR) is 51.9 cm³/mol. The van der Waals surface area contributed by atoms with Crippen molar-refractivity contribution < 1.29 is 9.76 Å². The molecule has 1 aromatic rings. The zero-order valence-corrected chi connectivity index (χ0v) is 8.03. The van der Waals surface area contributed by atoms with Crippen molar-refractivity contribution >= 4 is 17.3 Å². The van der Waals surface area contributed by atoms with Crippen LogP contribution in [0.4, 0.5) is 5.69 Å². The Morgan fingerprint density at radius 1 is 1.57 bits per heavy atom. The standard InChI is InChI=1S/C8H9ClN2O3/c9-7-1-2-8(11(12)13)6(5-7)3-4-14-10/h1-2,5H,3-4,10H2. The van der Waals surface area contributed by atoms with Crippen molar-refractivity contribution in [1.82, 2.24) is 0 Å². The smallest absolute Gasteiger partial charge is 0.272 e. The number of rotatable bonds is 4. The molecule has 0 atom stereocenters. The summed E-state index contributed by atoms with van der Waals surface area (Å²) in [5.41, 5.74) is 0.555. The van der Waals surface area contributed by atoms with E-state index in [1.807, 2.05) is 0 Å². The SMILES string of the molecule is NOCCc1cc(Cl)ccc1[N+](=O)[O-]. The van der Waals surface area contributed by atoms with Gasteiger partial charge in [-0.15, -0.1) is 0 Å². The molecule has 0 aliphatic rings. The molecule has 1 rings (SSSR count). The third-order valence-electron chi connectivity index (χ3n) is 1.73. The van der Waals surface area contributed by atoms with Crippen LogP contribution in [0, 0.1) is 10.1 Å². The molecule has 76 valence electrons. The molecular weight excluding hydrogens is 208 g/mol. The van der Waals surface area contributed by atoms with E-state index in [9.17, 15) is 10.1 Å². The van der Waals surface area contributed by atoms with Crippen LogP contribution in [0.15, 0.2) is 18.2 Å². The summed E-state index contributed by atoms with van der Waals surface area (Å²) in [5, 5.41) is 11.0. The maximum atomic E-state index is 10.6. The molecule has 0 radical (unpaired) electrons. The van der Waals surface area contributed by atoms with Gasteiger partial charge in [0.15, 0.2) is 0 Å². The fourth-order valence-electron chi connectivity index (χ4n) is 1.10. The molecule has 0 spiro atoms. The van der Waals surface area contributed by atoms with Gasteiger partial charge in [-0.25, -0.2) is 5.90 Å². The fraction of sp³-hybridized carbons (Fsp3) is 0.250. The van der Waals surface area contributed by atoms with Gasteiger partial charge >= 0.3 is 0 Å². The van der Waals surface area contributed by atoms with E-state index in [2.05, 4.69) is 4.84 Å². The minimum absolute atomic E-state index is 0.0338. The van der Waals surface area contributed by atoms with E-state index in [1.54, 1.807) is 6.07 Å². The quantitative estimate of drug-likeness (QED) is 0.614. The summed E-state index contributed by atoms with van der Waals surface area (Å²) in [6.45, 7) is 0.223. The summed E-state index contributed by atoms with van der Waals surface area (Å²) in [4.78, 5) is 14.5. The molecule has 6 heteroatoms. The summed E-state index contributed by atoms with van der Waals surface area (Å²) < 4.78 is 0. The maximum Gasteiger partial charge on any atom is 0.272 e. The van der Waals surface area contributed by atoms with Gasteiger partial charge in [-0.2, -0.15) is 0 Å².